The van der Waals surface area contributed by atoms with Crippen LogP contribution in [0.2, 0.25) is 0 Å². The van der Waals surface area contributed by atoms with E-state index in [2.05, 4.69) is 35.2 Å². The van der Waals surface area contributed by atoms with E-state index in [1.54, 1.807) is 0 Å². The lowest BCUT2D eigenvalue weighted by Gasteiger charge is -2.31. The van der Waals surface area contributed by atoms with Gasteiger partial charge in [-0.2, -0.15) is 0 Å². The van der Waals surface area contributed by atoms with Crippen molar-refractivity contribution in [3.63, 3.8) is 0 Å². The summed E-state index contributed by atoms with van der Waals surface area (Å²) in [5, 5.41) is 0. The van der Waals surface area contributed by atoms with Crippen molar-refractivity contribution in [2.24, 2.45) is 11.8 Å². The molecule has 1 heterocycles. The summed E-state index contributed by atoms with van der Waals surface area (Å²) in [7, 11) is 0. The molecule has 0 radical (unpaired) electrons. The van der Waals surface area contributed by atoms with E-state index in [4.69, 9.17) is 0 Å². The van der Waals surface area contributed by atoms with Gasteiger partial charge in [-0.25, -0.2) is 0 Å². The number of rotatable bonds is 4. The average Bonchev–Trinajstić information content (AvgIpc) is 2.40. The van der Waals surface area contributed by atoms with Crippen molar-refractivity contribution in [3.8, 4) is 0 Å². The second-order valence-electron chi connectivity index (χ2n) is 5.59. The standard InChI is InChI=1S/C16H23NO/c1-13(2)16(18)15-8-10-17(11-9-15)12-14-6-4-3-5-7-14/h3-7,13,15H,8-12H2,1-2H3. The Morgan fingerprint density at radius 1 is 1.22 bits per heavy atom. The lowest BCUT2D eigenvalue weighted by Crippen LogP contribution is -2.37. The van der Waals surface area contributed by atoms with E-state index in [9.17, 15) is 4.79 Å². The summed E-state index contributed by atoms with van der Waals surface area (Å²) < 4.78 is 0. The van der Waals surface area contributed by atoms with Crippen molar-refractivity contribution in [1.82, 2.24) is 4.90 Å². The monoisotopic (exact) mass is 245 g/mol. The van der Waals surface area contributed by atoms with Gasteiger partial charge < -0.3 is 0 Å². The summed E-state index contributed by atoms with van der Waals surface area (Å²) in [4.78, 5) is 14.4. The van der Waals surface area contributed by atoms with Gasteiger partial charge in [0.15, 0.2) is 0 Å². The summed E-state index contributed by atoms with van der Waals surface area (Å²) in [6.45, 7) is 7.15. The molecule has 1 aromatic rings. The molecule has 2 nitrogen and oxygen atoms in total. The molecule has 0 amide bonds. The zero-order valence-electron chi connectivity index (χ0n) is 11.4. The van der Waals surface area contributed by atoms with Crippen LogP contribution in [0.25, 0.3) is 0 Å². The first kappa shape index (κ1) is 13.3. The van der Waals surface area contributed by atoms with Gasteiger partial charge in [-0.15, -0.1) is 0 Å². The zero-order chi connectivity index (χ0) is 13.0. The zero-order valence-corrected chi connectivity index (χ0v) is 11.4. The first-order valence-electron chi connectivity index (χ1n) is 6.97. The maximum atomic E-state index is 11.9. The van der Waals surface area contributed by atoms with Crippen LogP contribution in [0.15, 0.2) is 30.3 Å². The second kappa shape index (κ2) is 6.14. The van der Waals surface area contributed by atoms with Gasteiger partial charge in [-0.3, -0.25) is 9.69 Å². The van der Waals surface area contributed by atoms with Gasteiger partial charge in [0.05, 0.1) is 0 Å². The number of hydrogen-bond donors (Lipinski definition) is 0. The Labute approximate surface area is 110 Å². The number of piperidine rings is 1. The predicted molar refractivity (Wildman–Crippen MR) is 74.3 cm³/mol. The Morgan fingerprint density at radius 3 is 2.39 bits per heavy atom. The molecule has 0 aliphatic carbocycles. The number of nitrogens with zero attached hydrogens (tertiary/aromatic N) is 1. The highest BCUT2D eigenvalue weighted by Crippen LogP contribution is 2.22. The van der Waals surface area contributed by atoms with Gasteiger partial charge in [-0.05, 0) is 31.5 Å². The fourth-order valence-corrected chi connectivity index (χ4v) is 2.69. The smallest absolute Gasteiger partial charge is 0.138 e. The van der Waals surface area contributed by atoms with Crippen LogP contribution < -0.4 is 0 Å². The maximum Gasteiger partial charge on any atom is 0.138 e. The fourth-order valence-electron chi connectivity index (χ4n) is 2.69. The number of ketones is 1. The highest BCUT2D eigenvalue weighted by atomic mass is 16.1. The first-order valence-corrected chi connectivity index (χ1v) is 6.97. The van der Waals surface area contributed by atoms with Gasteiger partial charge in [0, 0.05) is 18.4 Å². The SMILES string of the molecule is CC(C)C(=O)C1CCN(Cc2ccccc2)CC1. The van der Waals surface area contributed by atoms with Crippen LogP contribution in [-0.2, 0) is 11.3 Å². The van der Waals surface area contributed by atoms with E-state index in [0.717, 1.165) is 32.5 Å². The normalized spacial score (nSPS) is 18.2. The van der Waals surface area contributed by atoms with E-state index in [1.807, 2.05) is 13.8 Å². The maximum absolute atomic E-state index is 11.9. The molecule has 0 atom stereocenters. The molecule has 98 valence electrons. The topological polar surface area (TPSA) is 20.3 Å². The quantitative estimate of drug-likeness (QED) is 0.812. The van der Waals surface area contributed by atoms with Crippen molar-refractivity contribution in [1.29, 1.82) is 0 Å². The molecule has 1 aliphatic heterocycles. The number of likely N-dealkylation sites (tertiary alicyclic amines) is 1. The minimum Gasteiger partial charge on any atom is -0.299 e. The molecule has 18 heavy (non-hydrogen) atoms. The van der Waals surface area contributed by atoms with E-state index >= 15 is 0 Å². The van der Waals surface area contributed by atoms with Crippen LogP contribution in [0.3, 0.4) is 0 Å². The van der Waals surface area contributed by atoms with Crippen LogP contribution in [-0.4, -0.2) is 23.8 Å². The average molecular weight is 245 g/mol. The van der Waals surface area contributed by atoms with Crippen molar-refractivity contribution in [2.45, 2.75) is 33.2 Å². The molecule has 0 aromatic heterocycles. The molecular weight excluding hydrogens is 222 g/mol. The Kier molecular flexibility index (Phi) is 4.54. The first-order chi connectivity index (χ1) is 8.66. The molecule has 1 aromatic carbocycles. The van der Waals surface area contributed by atoms with E-state index in [-0.39, 0.29) is 5.92 Å². The Hall–Kier alpha value is -1.15. The summed E-state index contributed by atoms with van der Waals surface area (Å²) in [5.41, 5.74) is 1.37. The van der Waals surface area contributed by atoms with Crippen molar-refractivity contribution in [3.05, 3.63) is 35.9 Å². The van der Waals surface area contributed by atoms with Crippen LogP contribution in [0.1, 0.15) is 32.3 Å². The third-order valence-electron chi connectivity index (χ3n) is 3.81. The minimum atomic E-state index is 0.190. The van der Waals surface area contributed by atoms with Crippen molar-refractivity contribution >= 4 is 5.78 Å². The number of benzene rings is 1. The Bertz CT molecular complexity index is 377. The highest BCUT2D eigenvalue weighted by Gasteiger charge is 2.26. The number of carbonyl (C=O) groups excluding carboxylic acids is 1. The largest absolute Gasteiger partial charge is 0.299 e. The van der Waals surface area contributed by atoms with E-state index < -0.39 is 0 Å². The molecule has 2 heteroatoms. The van der Waals surface area contributed by atoms with E-state index in [1.165, 1.54) is 5.56 Å². The fraction of sp³-hybridized carbons (Fsp3) is 0.562. The lowest BCUT2D eigenvalue weighted by atomic mass is 9.87. The molecule has 0 saturated carbocycles. The van der Waals surface area contributed by atoms with Gasteiger partial charge in [0.2, 0.25) is 0 Å². The molecule has 1 saturated heterocycles. The summed E-state index contributed by atoms with van der Waals surface area (Å²) in [6, 6.07) is 10.6. The van der Waals surface area contributed by atoms with Crippen molar-refractivity contribution < 1.29 is 4.79 Å². The molecule has 2 rings (SSSR count). The number of carbonyl (C=O) groups is 1. The predicted octanol–water partition coefficient (Wildman–Crippen LogP) is 3.12. The van der Waals surface area contributed by atoms with Gasteiger partial charge in [0.25, 0.3) is 0 Å². The third-order valence-corrected chi connectivity index (χ3v) is 3.81. The summed E-state index contributed by atoms with van der Waals surface area (Å²) in [5.74, 6) is 0.946. The highest BCUT2D eigenvalue weighted by molar-refractivity contribution is 5.82. The van der Waals surface area contributed by atoms with Crippen LogP contribution in [0.4, 0.5) is 0 Å². The summed E-state index contributed by atoms with van der Waals surface area (Å²) >= 11 is 0. The molecule has 0 spiro atoms. The van der Waals surface area contributed by atoms with Crippen LogP contribution in [0, 0.1) is 11.8 Å². The lowest BCUT2D eigenvalue weighted by molar-refractivity contribution is -0.127. The molecule has 1 fully saturated rings. The minimum absolute atomic E-state index is 0.190. The summed E-state index contributed by atoms with van der Waals surface area (Å²) in [6.07, 6.45) is 2.06. The second-order valence-corrected chi connectivity index (χ2v) is 5.59. The van der Waals surface area contributed by atoms with E-state index in [0.29, 0.717) is 11.7 Å². The molecular formula is C16H23NO. The Balaban J connectivity index is 1.82. The number of hydrogen-bond acceptors (Lipinski definition) is 2. The van der Waals surface area contributed by atoms with Crippen molar-refractivity contribution in [2.75, 3.05) is 13.1 Å². The van der Waals surface area contributed by atoms with Gasteiger partial charge in [0.1, 0.15) is 5.78 Å². The third kappa shape index (κ3) is 3.42. The Morgan fingerprint density at radius 2 is 1.83 bits per heavy atom. The van der Waals surface area contributed by atoms with Crippen LogP contribution in [0.5, 0.6) is 0 Å². The molecule has 0 N–H and O–H groups in total. The molecule has 1 aliphatic rings. The van der Waals surface area contributed by atoms with Crippen LogP contribution >= 0.6 is 0 Å². The molecule has 0 bridgehead atoms. The van der Waals surface area contributed by atoms with Gasteiger partial charge in [-0.1, -0.05) is 44.2 Å². The number of Topliss-reactive ketones (excluding diaryl/α,β-unsaturated/α-hetero) is 1. The molecule has 0 unspecified atom stereocenters. The van der Waals surface area contributed by atoms with Gasteiger partial charge >= 0.3 is 0 Å².